The van der Waals surface area contributed by atoms with Crippen LogP contribution in [0.5, 0.6) is 0 Å². The number of halogens is 1. The minimum atomic E-state index is 0.671. The predicted molar refractivity (Wildman–Crippen MR) is 73.9 cm³/mol. The highest BCUT2D eigenvalue weighted by Gasteiger charge is 2.18. The smallest absolute Gasteiger partial charge is 0.0410 e. The van der Waals surface area contributed by atoms with Gasteiger partial charge in [-0.3, -0.25) is 14.8 Å². The first-order chi connectivity index (χ1) is 8.15. The molecular formula is C13H20BrN3. The van der Waals surface area contributed by atoms with Crippen LogP contribution in [0.2, 0.25) is 0 Å². The van der Waals surface area contributed by atoms with Gasteiger partial charge in [-0.2, -0.15) is 0 Å². The molecule has 3 nitrogen and oxygen atoms in total. The highest BCUT2D eigenvalue weighted by molar-refractivity contribution is 9.10. The minimum Gasteiger partial charge on any atom is -0.298 e. The molecule has 0 N–H and O–H groups in total. The first-order valence-corrected chi connectivity index (χ1v) is 7.00. The Kier molecular flexibility index (Phi) is 4.54. The molecule has 4 heteroatoms. The van der Waals surface area contributed by atoms with Crippen LogP contribution in [0.3, 0.4) is 0 Å². The first kappa shape index (κ1) is 13.0. The highest BCUT2D eigenvalue weighted by atomic mass is 79.9. The molecule has 0 aliphatic carbocycles. The van der Waals surface area contributed by atoms with Gasteiger partial charge in [-0.15, -0.1) is 0 Å². The molecule has 1 aliphatic heterocycles. The zero-order chi connectivity index (χ0) is 12.3. The summed E-state index contributed by atoms with van der Waals surface area (Å²) < 4.78 is 1.07. The van der Waals surface area contributed by atoms with Crippen molar-refractivity contribution in [3.63, 3.8) is 0 Å². The lowest BCUT2D eigenvalue weighted by Crippen LogP contribution is -2.48. The summed E-state index contributed by atoms with van der Waals surface area (Å²) in [4.78, 5) is 9.25. The Bertz CT molecular complexity index is 359. The summed E-state index contributed by atoms with van der Waals surface area (Å²) in [7, 11) is 0. The maximum absolute atomic E-state index is 4.21. The Morgan fingerprint density at radius 1 is 1.24 bits per heavy atom. The third-order valence-electron chi connectivity index (χ3n) is 3.30. The summed E-state index contributed by atoms with van der Waals surface area (Å²) in [6.07, 6.45) is 3.79. The van der Waals surface area contributed by atoms with E-state index in [4.69, 9.17) is 0 Å². The van der Waals surface area contributed by atoms with Crippen LogP contribution in [0.1, 0.15) is 19.4 Å². The number of hydrogen-bond donors (Lipinski definition) is 0. The van der Waals surface area contributed by atoms with Crippen LogP contribution in [-0.2, 0) is 6.54 Å². The van der Waals surface area contributed by atoms with Crippen LogP contribution in [0.4, 0.5) is 0 Å². The van der Waals surface area contributed by atoms with E-state index in [1.54, 1.807) is 0 Å². The molecule has 0 aromatic carbocycles. The van der Waals surface area contributed by atoms with Gasteiger partial charge in [0.15, 0.2) is 0 Å². The van der Waals surface area contributed by atoms with E-state index < -0.39 is 0 Å². The van der Waals surface area contributed by atoms with Gasteiger partial charge in [0.05, 0.1) is 0 Å². The van der Waals surface area contributed by atoms with E-state index in [2.05, 4.69) is 50.6 Å². The quantitative estimate of drug-likeness (QED) is 0.854. The van der Waals surface area contributed by atoms with Crippen molar-refractivity contribution < 1.29 is 0 Å². The minimum absolute atomic E-state index is 0.671. The Morgan fingerprint density at radius 3 is 2.53 bits per heavy atom. The van der Waals surface area contributed by atoms with Gasteiger partial charge >= 0.3 is 0 Å². The third kappa shape index (κ3) is 3.76. The van der Waals surface area contributed by atoms with Gasteiger partial charge in [-0.1, -0.05) is 0 Å². The number of nitrogens with zero attached hydrogens (tertiary/aromatic N) is 3. The predicted octanol–water partition coefficient (Wildman–Crippen LogP) is 2.37. The number of piperazine rings is 1. The van der Waals surface area contributed by atoms with Gasteiger partial charge < -0.3 is 0 Å². The molecule has 1 aromatic rings. The molecule has 1 saturated heterocycles. The van der Waals surface area contributed by atoms with Crippen LogP contribution < -0.4 is 0 Å². The van der Waals surface area contributed by atoms with Gasteiger partial charge in [0.1, 0.15) is 0 Å². The molecule has 0 bridgehead atoms. The normalized spacial score (nSPS) is 18.8. The zero-order valence-electron chi connectivity index (χ0n) is 10.6. The van der Waals surface area contributed by atoms with Gasteiger partial charge in [0.2, 0.25) is 0 Å². The molecule has 2 heterocycles. The second kappa shape index (κ2) is 5.94. The van der Waals surface area contributed by atoms with Crippen molar-refractivity contribution in [3.8, 4) is 0 Å². The van der Waals surface area contributed by atoms with Gasteiger partial charge in [0.25, 0.3) is 0 Å². The SMILES string of the molecule is CC(C)N1CCN(Cc2cncc(Br)c2)CC1. The lowest BCUT2D eigenvalue weighted by Gasteiger charge is -2.36. The van der Waals surface area contributed by atoms with Crippen molar-refractivity contribution in [1.82, 2.24) is 14.8 Å². The lowest BCUT2D eigenvalue weighted by molar-refractivity contribution is 0.104. The maximum Gasteiger partial charge on any atom is 0.0410 e. The Labute approximate surface area is 112 Å². The summed E-state index contributed by atoms with van der Waals surface area (Å²) >= 11 is 3.47. The molecule has 0 saturated carbocycles. The molecule has 0 unspecified atom stereocenters. The summed E-state index contributed by atoms with van der Waals surface area (Å²) in [6, 6.07) is 2.83. The van der Waals surface area contributed by atoms with Crippen LogP contribution in [0.25, 0.3) is 0 Å². The van der Waals surface area contributed by atoms with E-state index in [0.29, 0.717) is 6.04 Å². The standard InChI is InChI=1S/C13H20BrN3/c1-11(2)17-5-3-16(4-6-17)10-12-7-13(14)9-15-8-12/h7-9,11H,3-6,10H2,1-2H3. The van der Waals surface area contributed by atoms with E-state index >= 15 is 0 Å². The molecular weight excluding hydrogens is 278 g/mol. The van der Waals surface area contributed by atoms with Crippen LogP contribution in [0, 0.1) is 0 Å². The summed E-state index contributed by atoms with van der Waals surface area (Å²) in [5.41, 5.74) is 1.29. The molecule has 1 aromatic heterocycles. The molecule has 1 aliphatic rings. The van der Waals surface area contributed by atoms with E-state index in [-0.39, 0.29) is 0 Å². The molecule has 2 rings (SSSR count). The molecule has 17 heavy (non-hydrogen) atoms. The second-order valence-electron chi connectivity index (χ2n) is 4.92. The highest BCUT2D eigenvalue weighted by Crippen LogP contribution is 2.13. The zero-order valence-corrected chi connectivity index (χ0v) is 12.2. The summed E-state index contributed by atoms with van der Waals surface area (Å²) in [5.74, 6) is 0. The van der Waals surface area contributed by atoms with Crippen LogP contribution in [0.15, 0.2) is 22.9 Å². The number of aromatic nitrogens is 1. The number of pyridine rings is 1. The Morgan fingerprint density at radius 2 is 1.94 bits per heavy atom. The average Bonchev–Trinajstić information content (AvgIpc) is 2.29. The fraction of sp³-hybridized carbons (Fsp3) is 0.615. The van der Waals surface area contributed by atoms with Crippen molar-refractivity contribution in [2.75, 3.05) is 26.2 Å². The van der Waals surface area contributed by atoms with Crippen molar-refractivity contribution >= 4 is 15.9 Å². The van der Waals surface area contributed by atoms with Gasteiger partial charge in [0, 0.05) is 55.6 Å². The van der Waals surface area contributed by atoms with E-state index in [0.717, 1.165) is 24.1 Å². The molecule has 0 radical (unpaired) electrons. The summed E-state index contributed by atoms with van der Waals surface area (Å²) in [5, 5.41) is 0. The fourth-order valence-corrected chi connectivity index (χ4v) is 2.65. The number of rotatable bonds is 3. The molecule has 0 atom stereocenters. The van der Waals surface area contributed by atoms with E-state index in [1.807, 2.05) is 12.4 Å². The molecule has 0 spiro atoms. The first-order valence-electron chi connectivity index (χ1n) is 6.21. The third-order valence-corrected chi connectivity index (χ3v) is 3.74. The lowest BCUT2D eigenvalue weighted by atomic mass is 10.2. The van der Waals surface area contributed by atoms with Crippen molar-refractivity contribution in [1.29, 1.82) is 0 Å². The van der Waals surface area contributed by atoms with Crippen molar-refractivity contribution in [2.45, 2.75) is 26.4 Å². The fourth-order valence-electron chi connectivity index (χ4n) is 2.24. The molecule has 0 amide bonds. The number of hydrogen-bond acceptors (Lipinski definition) is 3. The van der Waals surface area contributed by atoms with Crippen molar-refractivity contribution in [3.05, 3.63) is 28.5 Å². The Hall–Kier alpha value is -0.450. The average molecular weight is 298 g/mol. The maximum atomic E-state index is 4.21. The van der Waals surface area contributed by atoms with Gasteiger partial charge in [-0.25, -0.2) is 0 Å². The topological polar surface area (TPSA) is 19.4 Å². The van der Waals surface area contributed by atoms with E-state index in [1.165, 1.54) is 18.7 Å². The summed E-state index contributed by atoms with van der Waals surface area (Å²) in [6.45, 7) is 10.2. The molecule has 94 valence electrons. The Balaban J connectivity index is 1.86. The largest absolute Gasteiger partial charge is 0.298 e. The van der Waals surface area contributed by atoms with Crippen LogP contribution >= 0.6 is 15.9 Å². The van der Waals surface area contributed by atoms with Crippen LogP contribution in [-0.4, -0.2) is 47.0 Å². The van der Waals surface area contributed by atoms with Crippen molar-refractivity contribution in [2.24, 2.45) is 0 Å². The van der Waals surface area contributed by atoms with Gasteiger partial charge in [-0.05, 0) is 41.4 Å². The molecule has 1 fully saturated rings. The second-order valence-corrected chi connectivity index (χ2v) is 5.83. The monoisotopic (exact) mass is 297 g/mol. The van der Waals surface area contributed by atoms with E-state index in [9.17, 15) is 0 Å².